The topological polar surface area (TPSA) is 257 Å². The molecular weight excluding hydrogens is 1420 g/mol. The van der Waals surface area contributed by atoms with Gasteiger partial charge in [-0.2, -0.15) is 0 Å². The Labute approximate surface area is 653 Å². The van der Waals surface area contributed by atoms with E-state index in [9.17, 15) is 37.5 Å². The summed E-state index contributed by atoms with van der Waals surface area (Å²) >= 11 is 0. The van der Waals surface area contributed by atoms with Crippen molar-refractivity contribution in [3.63, 3.8) is 0 Å². The molecule has 0 radical (unpaired) electrons. The SMILES string of the molecule is C.CC(C)COc1ccc(CN)cc1.CC(C)COc1ccc(CNC(=O)N(Cc2ccc(F)cc2)C2CCN(C)CC2)cc1.CN1CCC(NCc2ccc(F)cc2)CC1.COC(=O)c1ccccc1OC(=O)NCc1ccc(OCC(C)C)cc1.COC(=O)c1ccccc1OC(=O)Oc1ccccc1C(=O)OC. The number of piperidine rings is 2. The summed E-state index contributed by atoms with van der Waals surface area (Å²) in [6.07, 6.45) is 2.53. The number of carbonyl (C=O) groups is 6. The minimum Gasteiger partial charge on any atom is -0.493 e. The number of benzene rings is 8. The van der Waals surface area contributed by atoms with Crippen molar-refractivity contribution in [3.8, 4) is 34.5 Å². The van der Waals surface area contributed by atoms with Gasteiger partial charge < -0.3 is 79.0 Å². The van der Waals surface area contributed by atoms with Crippen molar-refractivity contribution in [1.82, 2.24) is 30.7 Å². The zero-order valence-electron chi connectivity index (χ0n) is 65.0. The van der Waals surface area contributed by atoms with E-state index in [0.29, 0.717) is 63.2 Å². The monoisotopic (exact) mass is 1530 g/mol. The average Bonchev–Trinajstić information content (AvgIpc) is 0.851. The van der Waals surface area contributed by atoms with Crippen LogP contribution >= 0.6 is 0 Å². The van der Waals surface area contributed by atoms with Crippen LogP contribution in [0.1, 0.15) is 134 Å². The quantitative estimate of drug-likeness (QED) is 0.0223. The second kappa shape index (κ2) is 49.3. The maximum Gasteiger partial charge on any atom is 0.519 e. The standard InChI is InChI=1S/C25H34FN3O2.C20H23NO5.C17H14O7.C13H19FN2.C11H17NO.CH4/c1-19(2)18-31-24-10-6-20(7-11-24)16-27-25(30)29(23-12-14-28(3)15-13-23)17-21-4-8-22(26)9-5-21;1-14(2)13-25-16-10-8-15(9-11-16)12-21-20(23)26-18-7-5-4-6-17(18)19(22)24-3;1-21-15(18)11-7-3-5-9-13(11)23-17(20)24-14-10-6-4-8-12(14)16(19)22-2;1-16-8-6-13(7-9-16)15-10-11-2-4-12(14)5-3-11;1-9(2)8-13-11-5-3-10(7-12)4-6-11;/h4-11,19,23H,12-18H2,1-3H3,(H,27,30);4-11,14H,12-13H2,1-3H3,(H,21,23);3-10H,1-2H3;2-5,13,15H,6-10H2,1H3;3-6,9H,7-8,12H2,1-2H3;1H4. The Hall–Kier alpha value is -10.9. The van der Waals surface area contributed by atoms with Crippen molar-refractivity contribution in [2.75, 3.05) is 81.4 Å². The molecule has 111 heavy (non-hydrogen) atoms. The van der Waals surface area contributed by atoms with E-state index < -0.39 is 30.2 Å². The summed E-state index contributed by atoms with van der Waals surface area (Å²) in [5.41, 5.74) is 11.0. The number of methoxy groups -OCH3 is 3. The number of esters is 3. The molecule has 2 aliphatic heterocycles. The molecule has 8 aromatic carbocycles. The number of ether oxygens (including phenoxy) is 9. The number of carbonyl (C=O) groups excluding carboxylic acids is 6. The van der Waals surface area contributed by atoms with Gasteiger partial charge in [0.2, 0.25) is 0 Å². The molecule has 2 fully saturated rings. The molecular formula is C87H111F2N7O15. The number of halogens is 2. The van der Waals surface area contributed by atoms with Crippen LogP contribution in [0.15, 0.2) is 194 Å². The van der Waals surface area contributed by atoms with E-state index in [-0.39, 0.29) is 65.1 Å². The molecule has 5 N–H and O–H groups in total. The van der Waals surface area contributed by atoms with Crippen LogP contribution in [0.2, 0.25) is 0 Å². The van der Waals surface area contributed by atoms with Crippen molar-refractivity contribution in [2.24, 2.45) is 23.5 Å². The van der Waals surface area contributed by atoms with Gasteiger partial charge in [0.1, 0.15) is 62.8 Å². The minimum absolute atomic E-state index is 0. The predicted molar refractivity (Wildman–Crippen MR) is 426 cm³/mol. The predicted octanol–water partition coefficient (Wildman–Crippen LogP) is 16.1. The van der Waals surface area contributed by atoms with E-state index in [4.69, 9.17) is 34.2 Å². The number of hydrogen-bond donors (Lipinski definition) is 4. The normalized spacial score (nSPS) is 12.7. The van der Waals surface area contributed by atoms with Crippen molar-refractivity contribution in [3.05, 3.63) is 250 Å². The minimum atomic E-state index is -1.11. The number of nitrogens with one attached hydrogen (secondary N) is 3. The number of rotatable bonds is 26. The van der Waals surface area contributed by atoms with Crippen LogP contribution in [0, 0.1) is 29.4 Å². The number of likely N-dealkylation sites (tertiary alicyclic amines) is 2. The number of urea groups is 1. The Kier molecular flexibility index (Phi) is 40.3. The van der Waals surface area contributed by atoms with E-state index in [1.165, 1.54) is 108 Å². The zero-order valence-corrected chi connectivity index (χ0v) is 65.0. The summed E-state index contributed by atoms with van der Waals surface area (Å²) in [6, 6.07) is 55.5. The lowest BCUT2D eigenvalue weighted by atomic mass is 10.0. The first-order chi connectivity index (χ1) is 52.9. The lowest BCUT2D eigenvalue weighted by molar-refractivity contribution is 0.0586. The Balaban J connectivity index is 0.000000255. The molecule has 24 heteroatoms. The third-order valence-corrected chi connectivity index (χ3v) is 17.0. The van der Waals surface area contributed by atoms with Crippen LogP contribution in [0.3, 0.4) is 0 Å². The molecule has 3 amide bonds. The van der Waals surface area contributed by atoms with Crippen molar-refractivity contribution < 1.29 is 80.2 Å². The van der Waals surface area contributed by atoms with Gasteiger partial charge in [-0.25, -0.2) is 37.5 Å². The Morgan fingerprint density at radius 2 is 0.775 bits per heavy atom. The largest absolute Gasteiger partial charge is 0.519 e. The molecule has 0 bridgehead atoms. The van der Waals surface area contributed by atoms with Crippen LogP contribution in [-0.2, 0) is 46.9 Å². The van der Waals surface area contributed by atoms with E-state index in [2.05, 4.69) is 95.6 Å². The third kappa shape index (κ3) is 33.9. The first-order valence-corrected chi connectivity index (χ1v) is 36.8. The fourth-order valence-corrected chi connectivity index (χ4v) is 10.7. The highest BCUT2D eigenvalue weighted by Crippen LogP contribution is 2.26. The van der Waals surface area contributed by atoms with Gasteiger partial charge in [-0.15, -0.1) is 0 Å². The summed E-state index contributed by atoms with van der Waals surface area (Å²) in [5.74, 6) is 1.84. The molecule has 0 atom stereocenters. The van der Waals surface area contributed by atoms with Crippen LogP contribution in [0.4, 0.5) is 23.2 Å². The van der Waals surface area contributed by atoms with Gasteiger partial charge >= 0.3 is 36.2 Å². The maximum atomic E-state index is 13.3. The van der Waals surface area contributed by atoms with Gasteiger partial charge in [0.05, 0.1) is 41.2 Å². The van der Waals surface area contributed by atoms with Crippen molar-refractivity contribution in [2.45, 2.75) is 119 Å². The molecule has 2 aliphatic rings. The summed E-state index contributed by atoms with van der Waals surface area (Å²) in [5, 5.41) is 9.24. The summed E-state index contributed by atoms with van der Waals surface area (Å²) < 4.78 is 72.0. The summed E-state index contributed by atoms with van der Waals surface area (Å²) in [4.78, 5) is 78.6. The van der Waals surface area contributed by atoms with E-state index >= 15 is 0 Å². The third-order valence-electron chi connectivity index (χ3n) is 17.0. The average molecular weight is 1530 g/mol. The molecule has 10 rings (SSSR count). The molecule has 8 aromatic rings. The molecule has 0 spiro atoms. The molecule has 22 nitrogen and oxygen atoms in total. The lowest BCUT2D eigenvalue weighted by Gasteiger charge is -2.37. The van der Waals surface area contributed by atoms with Gasteiger partial charge in [-0.1, -0.05) is 146 Å². The number of amides is 3. The lowest BCUT2D eigenvalue weighted by Crippen LogP contribution is -2.49. The summed E-state index contributed by atoms with van der Waals surface area (Å²) in [6.45, 7) is 21.7. The Morgan fingerprint density at radius 3 is 1.15 bits per heavy atom. The number of hydrogen-bond acceptors (Lipinski definition) is 19. The van der Waals surface area contributed by atoms with E-state index in [0.717, 1.165) is 84.1 Å². The van der Waals surface area contributed by atoms with Crippen LogP contribution in [-0.4, -0.2) is 144 Å². The second-order valence-corrected chi connectivity index (χ2v) is 27.4. The molecule has 0 saturated carbocycles. The van der Waals surface area contributed by atoms with Crippen LogP contribution in [0.5, 0.6) is 34.5 Å². The highest BCUT2D eigenvalue weighted by Gasteiger charge is 2.28. The maximum absolute atomic E-state index is 13.3. The van der Waals surface area contributed by atoms with Gasteiger partial charge in [-0.05, 0) is 209 Å². The Bertz CT molecular complexity index is 4000. The molecule has 598 valence electrons. The fourth-order valence-electron chi connectivity index (χ4n) is 10.7. The zero-order chi connectivity index (χ0) is 79.7. The highest BCUT2D eigenvalue weighted by molar-refractivity contribution is 5.95. The number of nitrogens with zero attached hydrogens (tertiary/aromatic N) is 3. The molecule has 0 aromatic heterocycles. The van der Waals surface area contributed by atoms with Gasteiger partial charge in [0.25, 0.3) is 0 Å². The molecule has 2 heterocycles. The first-order valence-electron chi connectivity index (χ1n) is 36.8. The van der Waals surface area contributed by atoms with Crippen molar-refractivity contribution >= 4 is 36.2 Å². The smallest absolute Gasteiger partial charge is 0.493 e. The van der Waals surface area contributed by atoms with Crippen molar-refractivity contribution in [1.29, 1.82) is 0 Å². The molecule has 0 aliphatic carbocycles. The van der Waals surface area contributed by atoms with Crippen LogP contribution in [0.25, 0.3) is 0 Å². The Morgan fingerprint density at radius 1 is 0.441 bits per heavy atom. The first kappa shape index (κ1) is 90.7. The molecule has 0 unspecified atom stereocenters. The number of para-hydroxylation sites is 3. The fraction of sp³-hybridized carbons (Fsp3) is 0.379. The summed E-state index contributed by atoms with van der Waals surface area (Å²) in [7, 11) is 7.97. The molecule has 2 saturated heterocycles. The van der Waals surface area contributed by atoms with Gasteiger partial charge in [0.15, 0.2) is 0 Å². The number of nitrogens with two attached hydrogens (primary N) is 1. The van der Waals surface area contributed by atoms with Gasteiger partial charge in [-0.3, -0.25) is 0 Å². The highest BCUT2D eigenvalue weighted by atomic mass is 19.1. The van der Waals surface area contributed by atoms with E-state index in [1.54, 1.807) is 48.5 Å². The van der Waals surface area contributed by atoms with Crippen LogP contribution < -0.4 is 50.1 Å². The van der Waals surface area contributed by atoms with E-state index in [1.807, 2.05) is 89.8 Å². The van der Waals surface area contributed by atoms with Gasteiger partial charge in [0, 0.05) is 44.8 Å². The second-order valence-electron chi connectivity index (χ2n) is 27.4.